The summed E-state index contributed by atoms with van der Waals surface area (Å²) in [5.41, 5.74) is 0.833. The van der Waals surface area contributed by atoms with Gasteiger partial charge in [-0.3, -0.25) is 4.40 Å². The summed E-state index contributed by atoms with van der Waals surface area (Å²) in [4.78, 5) is 19.1. The predicted molar refractivity (Wildman–Crippen MR) is 102 cm³/mol. The minimum absolute atomic E-state index is 0.833. The third kappa shape index (κ3) is 2.38. The number of rotatable bonds is 3. The Bertz CT molecular complexity index is 1060. The number of anilines is 2. The maximum absolute atomic E-state index is 4.58. The molecule has 0 aromatic carbocycles. The van der Waals surface area contributed by atoms with Gasteiger partial charge in [0.25, 0.3) is 0 Å². The third-order valence-electron chi connectivity index (χ3n) is 4.81. The number of piperazine rings is 1. The largest absolute Gasteiger partial charge is 0.352 e. The molecule has 0 spiro atoms. The number of nitrogens with zero attached hydrogens (tertiary/aromatic N) is 8. The molecule has 1 aliphatic heterocycles. The lowest BCUT2D eigenvalue weighted by atomic mass is 10.2. The van der Waals surface area contributed by atoms with Crippen LogP contribution in [0.4, 0.5) is 11.6 Å². The average molecular weight is 366 g/mol. The summed E-state index contributed by atoms with van der Waals surface area (Å²) in [6.07, 6.45) is 6.27. The van der Waals surface area contributed by atoms with E-state index in [4.69, 9.17) is 0 Å². The first-order valence-electron chi connectivity index (χ1n) is 8.72. The van der Waals surface area contributed by atoms with Crippen LogP contribution in [0, 0.1) is 0 Å². The fraction of sp³-hybridized carbons (Fsp3) is 0.353. The molecule has 0 aliphatic carbocycles. The quantitative estimate of drug-likeness (QED) is 0.549. The van der Waals surface area contributed by atoms with Crippen LogP contribution < -0.4 is 9.80 Å². The molecule has 5 heterocycles. The summed E-state index contributed by atoms with van der Waals surface area (Å²) >= 11 is 1.65. The van der Waals surface area contributed by atoms with Crippen molar-refractivity contribution in [2.45, 2.75) is 13.3 Å². The fourth-order valence-corrected chi connectivity index (χ4v) is 4.21. The Kier molecular flexibility index (Phi) is 3.66. The zero-order valence-corrected chi connectivity index (χ0v) is 15.2. The highest BCUT2D eigenvalue weighted by Gasteiger charge is 2.23. The monoisotopic (exact) mass is 366 g/mol. The van der Waals surface area contributed by atoms with Gasteiger partial charge >= 0.3 is 0 Å². The van der Waals surface area contributed by atoms with Crippen LogP contribution in [-0.4, -0.2) is 55.7 Å². The molecule has 0 radical (unpaired) electrons. The first-order valence-corrected chi connectivity index (χ1v) is 9.60. The number of hydrogen-bond acceptors (Lipinski definition) is 8. The van der Waals surface area contributed by atoms with E-state index in [0.29, 0.717) is 0 Å². The Balaban J connectivity index is 1.41. The normalized spacial score (nSPS) is 15.3. The zero-order valence-electron chi connectivity index (χ0n) is 14.4. The minimum atomic E-state index is 0.833. The van der Waals surface area contributed by atoms with Crippen molar-refractivity contribution in [1.82, 2.24) is 29.5 Å². The van der Waals surface area contributed by atoms with Gasteiger partial charge in [0.2, 0.25) is 5.65 Å². The van der Waals surface area contributed by atoms with Gasteiger partial charge in [-0.25, -0.2) is 15.0 Å². The molecule has 1 fully saturated rings. The van der Waals surface area contributed by atoms with Crippen LogP contribution in [0.25, 0.3) is 15.9 Å². The van der Waals surface area contributed by atoms with Gasteiger partial charge < -0.3 is 9.80 Å². The molecule has 4 aromatic heterocycles. The van der Waals surface area contributed by atoms with E-state index in [-0.39, 0.29) is 0 Å². The minimum Gasteiger partial charge on any atom is -0.352 e. The van der Waals surface area contributed by atoms with E-state index in [0.717, 1.165) is 65.9 Å². The molecular weight excluding hydrogens is 348 g/mol. The summed E-state index contributed by atoms with van der Waals surface area (Å²) < 4.78 is 2.04. The fourth-order valence-electron chi connectivity index (χ4n) is 3.48. The van der Waals surface area contributed by atoms with E-state index in [1.165, 1.54) is 0 Å². The average Bonchev–Trinajstić information content (AvgIpc) is 3.34. The Morgan fingerprint density at radius 1 is 1.00 bits per heavy atom. The van der Waals surface area contributed by atoms with Gasteiger partial charge in [0, 0.05) is 45.0 Å². The van der Waals surface area contributed by atoms with Crippen LogP contribution in [0.5, 0.6) is 0 Å². The van der Waals surface area contributed by atoms with E-state index >= 15 is 0 Å². The van der Waals surface area contributed by atoms with E-state index < -0.39 is 0 Å². The maximum atomic E-state index is 4.58. The lowest BCUT2D eigenvalue weighted by Crippen LogP contribution is -2.47. The van der Waals surface area contributed by atoms with Gasteiger partial charge in [-0.15, -0.1) is 21.5 Å². The number of aryl methyl sites for hydroxylation is 1. The summed E-state index contributed by atoms with van der Waals surface area (Å²) in [5, 5.41) is 11.8. The van der Waals surface area contributed by atoms with Crippen LogP contribution >= 0.6 is 11.3 Å². The van der Waals surface area contributed by atoms with Gasteiger partial charge in [-0.05, 0) is 11.4 Å². The van der Waals surface area contributed by atoms with E-state index in [2.05, 4.69) is 53.3 Å². The van der Waals surface area contributed by atoms with Crippen molar-refractivity contribution in [3.63, 3.8) is 0 Å². The SMILES string of the molecule is CCc1nnc2c(N3CCN(c4ncnc5sccc45)CC3)nccn12. The Hall–Kier alpha value is -2.81. The summed E-state index contributed by atoms with van der Waals surface area (Å²) in [6, 6.07) is 2.10. The highest BCUT2D eigenvalue weighted by Crippen LogP contribution is 2.28. The van der Waals surface area contributed by atoms with Crippen molar-refractivity contribution >= 4 is 38.8 Å². The Labute approximate surface area is 154 Å². The number of thiophene rings is 1. The van der Waals surface area contributed by atoms with Crippen molar-refractivity contribution in [2.24, 2.45) is 0 Å². The molecule has 132 valence electrons. The van der Waals surface area contributed by atoms with Crippen LogP contribution in [0.15, 0.2) is 30.2 Å². The molecule has 26 heavy (non-hydrogen) atoms. The molecule has 4 aromatic rings. The van der Waals surface area contributed by atoms with Gasteiger partial charge in [-0.2, -0.15) is 0 Å². The smallest absolute Gasteiger partial charge is 0.203 e. The molecule has 8 nitrogen and oxygen atoms in total. The molecule has 0 unspecified atom stereocenters. The zero-order chi connectivity index (χ0) is 17.5. The Morgan fingerprint density at radius 2 is 1.81 bits per heavy atom. The second-order valence-corrected chi connectivity index (χ2v) is 7.12. The lowest BCUT2D eigenvalue weighted by molar-refractivity contribution is 0.643. The second-order valence-electron chi connectivity index (χ2n) is 6.23. The Morgan fingerprint density at radius 3 is 2.62 bits per heavy atom. The standard InChI is InChI=1S/C17H18N8S/c1-2-13-21-22-16-15(18-4-5-25(13)16)24-8-6-23(7-9-24)14-12-3-10-26-17(12)20-11-19-14/h3-5,10-11H,2,6-9H2,1H3. The summed E-state index contributed by atoms with van der Waals surface area (Å²) in [7, 11) is 0. The van der Waals surface area contributed by atoms with Crippen LogP contribution in [0.3, 0.4) is 0 Å². The highest BCUT2D eigenvalue weighted by atomic mass is 32.1. The molecule has 0 amide bonds. The first-order chi connectivity index (χ1) is 12.8. The lowest BCUT2D eigenvalue weighted by Gasteiger charge is -2.36. The van der Waals surface area contributed by atoms with Crippen LogP contribution in [-0.2, 0) is 6.42 Å². The topological polar surface area (TPSA) is 75.3 Å². The van der Waals surface area contributed by atoms with Crippen molar-refractivity contribution in [3.8, 4) is 0 Å². The third-order valence-corrected chi connectivity index (χ3v) is 5.64. The second kappa shape index (κ2) is 6.17. The molecule has 1 aliphatic rings. The van der Waals surface area contributed by atoms with Crippen molar-refractivity contribution in [1.29, 1.82) is 0 Å². The molecule has 1 saturated heterocycles. The van der Waals surface area contributed by atoms with Crippen LogP contribution in [0.1, 0.15) is 12.7 Å². The van der Waals surface area contributed by atoms with Crippen LogP contribution in [0.2, 0.25) is 0 Å². The van der Waals surface area contributed by atoms with Gasteiger partial charge in [0.15, 0.2) is 5.82 Å². The molecular formula is C17H18N8S. The van der Waals surface area contributed by atoms with Crippen molar-refractivity contribution in [3.05, 3.63) is 36.0 Å². The van der Waals surface area contributed by atoms with E-state index in [1.54, 1.807) is 17.7 Å². The number of fused-ring (bicyclic) bond motifs is 2. The molecule has 9 heteroatoms. The molecule has 0 saturated carbocycles. The first kappa shape index (κ1) is 15.4. The molecule has 0 bridgehead atoms. The number of aromatic nitrogens is 6. The van der Waals surface area contributed by atoms with Crippen molar-refractivity contribution in [2.75, 3.05) is 36.0 Å². The summed E-state index contributed by atoms with van der Waals surface area (Å²) in [6.45, 7) is 5.61. The van der Waals surface area contributed by atoms with E-state index in [1.807, 2.05) is 16.8 Å². The van der Waals surface area contributed by atoms with E-state index in [9.17, 15) is 0 Å². The molecule has 0 atom stereocenters. The van der Waals surface area contributed by atoms with Gasteiger partial charge in [0.05, 0.1) is 5.39 Å². The van der Waals surface area contributed by atoms with Crippen molar-refractivity contribution < 1.29 is 0 Å². The van der Waals surface area contributed by atoms with Gasteiger partial charge in [0.1, 0.15) is 22.8 Å². The number of hydrogen-bond donors (Lipinski definition) is 0. The molecule has 0 N–H and O–H groups in total. The maximum Gasteiger partial charge on any atom is 0.203 e. The summed E-state index contributed by atoms with van der Waals surface area (Å²) in [5.74, 6) is 2.89. The highest BCUT2D eigenvalue weighted by molar-refractivity contribution is 7.16. The predicted octanol–water partition coefficient (Wildman–Crippen LogP) is 2.02. The molecule has 5 rings (SSSR count). The van der Waals surface area contributed by atoms with Gasteiger partial charge in [-0.1, -0.05) is 6.92 Å².